The van der Waals surface area contributed by atoms with Gasteiger partial charge in [-0.05, 0) is 57.6 Å². The van der Waals surface area contributed by atoms with Crippen molar-refractivity contribution in [2.45, 2.75) is 51.5 Å². The van der Waals surface area contributed by atoms with Gasteiger partial charge in [0.1, 0.15) is 11.6 Å². The van der Waals surface area contributed by atoms with Crippen LogP contribution in [-0.4, -0.2) is 24.3 Å². The molecule has 0 unspecified atom stereocenters. The molecule has 0 radical (unpaired) electrons. The highest BCUT2D eigenvalue weighted by atomic mass is 32.1. The molecule has 0 bridgehead atoms. The van der Waals surface area contributed by atoms with E-state index in [9.17, 15) is 4.39 Å². The topological polar surface area (TPSA) is 60.6 Å². The van der Waals surface area contributed by atoms with Gasteiger partial charge in [0.05, 0.1) is 35.1 Å². The fraction of sp³-hybridized carbons (Fsp3) is 0.348. The van der Waals surface area contributed by atoms with Crippen LogP contribution < -0.4 is 5.32 Å². The quantitative estimate of drug-likeness (QED) is 0.444. The number of aryl methyl sites for hydroxylation is 2. The average Bonchev–Trinajstić information content (AvgIpc) is 3.48. The molecule has 6 rings (SSSR count). The first kappa shape index (κ1) is 18.7. The first-order valence-corrected chi connectivity index (χ1v) is 11.7. The number of fused-ring (bicyclic) bond motifs is 1. The van der Waals surface area contributed by atoms with Gasteiger partial charge in [0.25, 0.3) is 0 Å². The number of aromatic nitrogens is 5. The van der Waals surface area contributed by atoms with Crippen molar-refractivity contribution in [3.63, 3.8) is 0 Å². The standard InChI is InChI=1S/C23H23FN6S/c1-14-11-29(13-25-14)21-9-8-15(10-18(21)24)20-12-31-23(26-20)27-22-17-6-3-7-19(17)28-30(22)16-4-2-5-16/h8-13,16H,2-7H2,1H3,(H,26,27). The van der Waals surface area contributed by atoms with Crippen molar-refractivity contribution in [2.24, 2.45) is 0 Å². The van der Waals surface area contributed by atoms with E-state index < -0.39 is 0 Å². The molecule has 4 aromatic rings. The van der Waals surface area contributed by atoms with E-state index in [2.05, 4.69) is 15.0 Å². The molecule has 1 saturated carbocycles. The van der Waals surface area contributed by atoms with Crippen molar-refractivity contribution in [3.8, 4) is 16.9 Å². The Morgan fingerprint density at radius 1 is 1.19 bits per heavy atom. The number of imidazole rings is 1. The molecule has 1 N–H and O–H groups in total. The SMILES string of the molecule is Cc1cn(-c2ccc(-c3csc(Nc4c5c(nn4C4CCC4)CCC5)n3)cc2F)cn1. The van der Waals surface area contributed by atoms with Crippen molar-refractivity contribution < 1.29 is 4.39 Å². The van der Waals surface area contributed by atoms with Crippen LogP contribution in [0, 0.1) is 12.7 Å². The summed E-state index contributed by atoms with van der Waals surface area (Å²) in [5.74, 6) is 0.813. The monoisotopic (exact) mass is 434 g/mol. The average molecular weight is 435 g/mol. The predicted molar refractivity (Wildman–Crippen MR) is 120 cm³/mol. The molecule has 3 aromatic heterocycles. The maximum absolute atomic E-state index is 14.8. The third-order valence-corrected chi connectivity index (χ3v) is 7.07. The van der Waals surface area contributed by atoms with E-state index in [1.54, 1.807) is 34.4 Å². The van der Waals surface area contributed by atoms with Crippen LogP contribution in [-0.2, 0) is 12.8 Å². The number of rotatable bonds is 5. The number of hydrogen-bond donors (Lipinski definition) is 1. The predicted octanol–water partition coefficient (Wildman–Crippen LogP) is 5.60. The minimum absolute atomic E-state index is 0.293. The molecule has 0 amide bonds. The molecule has 158 valence electrons. The Hall–Kier alpha value is -3.00. The van der Waals surface area contributed by atoms with Gasteiger partial charge in [-0.1, -0.05) is 6.07 Å². The van der Waals surface area contributed by atoms with Crippen LogP contribution in [0.15, 0.2) is 36.1 Å². The van der Waals surface area contributed by atoms with E-state index in [0.717, 1.165) is 40.7 Å². The van der Waals surface area contributed by atoms with Crippen LogP contribution >= 0.6 is 11.3 Å². The van der Waals surface area contributed by atoms with Crippen LogP contribution in [0.5, 0.6) is 0 Å². The van der Waals surface area contributed by atoms with Crippen molar-refractivity contribution in [3.05, 3.63) is 58.9 Å². The lowest BCUT2D eigenvalue weighted by Crippen LogP contribution is -2.20. The van der Waals surface area contributed by atoms with Crippen LogP contribution in [0.2, 0.25) is 0 Å². The Bertz CT molecular complexity index is 1270. The second kappa shape index (κ2) is 7.30. The molecule has 0 atom stereocenters. The summed E-state index contributed by atoms with van der Waals surface area (Å²) in [7, 11) is 0. The molecule has 0 aliphatic heterocycles. The fourth-order valence-electron chi connectivity index (χ4n) is 4.43. The van der Waals surface area contributed by atoms with Gasteiger partial charge in [-0.25, -0.2) is 19.0 Å². The lowest BCUT2D eigenvalue weighted by molar-refractivity contribution is 0.291. The van der Waals surface area contributed by atoms with Crippen LogP contribution in [0.25, 0.3) is 16.9 Å². The van der Waals surface area contributed by atoms with Crippen molar-refractivity contribution >= 4 is 22.3 Å². The number of benzene rings is 1. The number of nitrogens with zero attached hydrogens (tertiary/aromatic N) is 5. The number of halogens is 1. The van der Waals surface area contributed by atoms with Gasteiger partial charge in [0.15, 0.2) is 5.13 Å². The van der Waals surface area contributed by atoms with Gasteiger partial charge in [-0.3, -0.25) is 0 Å². The van der Waals surface area contributed by atoms with Gasteiger partial charge in [0.2, 0.25) is 0 Å². The minimum atomic E-state index is -0.293. The number of thiazole rings is 1. The molecule has 3 heterocycles. The number of hydrogen-bond acceptors (Lipinski definition) is 5. The summed E-state index contributed by atoms with van der Waals surface area (Å²) in [6.07, 6.45) is 10.4. The van der Waals surface area contributed by atoms with E-state index in [0.29, 0.717) is 11.7 Å². The highest BCUT2D eigenvalue weighted by Gasteiger charge is 2.29. The summed E-state index contributed by atoms with van der Waals surface area (Å²) < 4.78 is 18.7. The summed E-state index contributed by atoms with van der Waals surface area (Å²) in [4.78, 5) is 8.93. The van der Waals surface area contributed by atoms with Gasteiger partial charge in [-0.15, -0.1) is 11.3 Å². The van der Waals surface area contributed by atoms with Gasteiger partial charge >= 0.3 is 0 Å². The Balaban J connectivity index is 1.28. The maximum atomic E-state index is 14.8. The molecule has 1 aromatic carbocycles. The second-order valence-electron chi connectivity index (χ2n) is 8.41. The first-order valence-electron chi connectivity index (χ1n) is 10.8. The highest BCUT2D eigenvalue weighted by molar-refractivity contribution is 7.14. The second-order valence-corrected chi connectivity index (χ2v) is 9.27. The largest absolute Gasteiger partial charge is 0.316 e. The fourth-order valence-corrected chi connectivity index (χ4v) is 5.15. The van der Waals surface area contributed by atoms with E-state index in [1.807, 2.05) is 24.6 Å². The summed E-state index contributed by atoms with van der Waals surface area (Å²) in [5.41, 5.74) is 5.45. The molecule has 0 spiro atoms. The third-order valence-electron chi connectivity index (χ3n) is 6.32. The maximum Gasteiger partial charge on any atom is 0.188 e. The van der Waals surface area contributed by atoms with Crippen LogP contribution in [0.3, 0.4) is 0 Å². The zero-order valence-corrected chi connectivity index (χ0v) is 18.1. The third kappa shape index (κ3) is 3.26. The Kier molecular flexibility index (Phi) is 4.41. The van der Waals surface area contributed by atoms with Crippen LogP contribution in [0.1, 0.15) is 48.7 Å². The van der Waals surface area contributed by atoms with Gasteiger partial charge in [-0.2, -0.15) is 5.10 Å². The molecule has 2 aliphatic carbocycles. The molecule has 0 saturated heterocycles. The smallest absolute Gasteiger partial charge is 0.188 e. The summed E-state index contributed by atoms with van der Waals surface area (Å²) in [6, 6.07) is 5.72. The zero-order valence-electron chi connectivity index (χ0n) is 17.3. The van der Waals surface area contributed by atoms with E-state index in [4.69, 9.17) is 10.1 Å². The Morgan fingerprint density at radius 2 is 2.10 bits per heavy atom. The van der Waals surface area contributed by atoms with Crippen molar-refractivity contribution in [1.82, 2.24) is 24.3 Å². The normalized spacial score (nSPS) is 15.8. The van der Waals surface area contributed by atoms with Crippen molar-refractivity contribution in [2.75, 3.05) is 5.32 Å². The van der Waals surface area contributed by atoms with Crippen molar-refractivity contribution in [1.29, 1.82) is 0 Å². The molecule has 2 aliphatic rings. The van der Waals surface area contributed by atoms with E-state index in [1.165, 1.54) is 36.9 Å². The molecular formula is C23H23FN6S. The summed E-state index contributed by atoms with van der Waals surface area (Å²) >= 11 is 1.54. The summed E-state index contributed by atoms with van der Waals surface area (Å²) in [5, 5.41) is 11.2. The summed E-state index contributed by atoms with van der Waals surface area (Å²) in [6.45, 7) is 1.89. The number of anilines is 2. The van der Waals surface area contributed by atoms with Gasteiger partial charge in [0, 0.05) is 22.7 Å². The highest BCUT2D eigenvalue weighted by Crippen LogP contribution is 2.40. The molecule has 6 nitrogen and oxygen atoms in total. The zero-order chi connectivity index (χ0) is 20.9. The lowest BCUT2D eigenvalue weighted by Gasteiger charge is -2.27. The molecule has 1 fully saturated rings. The first-order chi connectivity index (χ1) is 15.2. The van der Waals surface area contributed by atoms with Gasteiger partial charge < -0.3 is 9.88 Å². The van der Waals surface area contributed by atoms with E-state index >= 15 is 0 Å². The lowest BCUT2D eigenvalue weighted by atomic mass is 9.93. The Morgan fingerprint density at radius 3 is 2.84 bits per heavy atom. The van der Waals surface area contributed by atoms with Crippen LogP contribution in [0.4, 0.5) is 15.3 Å². The molecule has 31 heavy (non-hydrogen) atoms. The minimum Gasteiger partial charge on any atom is -0.316 e. The molecule has 8 heteroatoms. The number of nitrogens with one attached hydrogen (secondary N) is 1. The van der Waals surface area contributed by atoms with E-state index in [-0.39, 0.29) is 5.82 Å². The molecular weight excluding hydrogens is 411 g/mol. The Labute approximate surface area is 183 Å².